The first-order valence-electron chi connectivity index (χ1n) is 4.21. The number of aromatic nitrogens is 1. The van der Waals surface area contributed by atoms with Gasteiger partial charge in [-0.2, -0.15) is 0 Å². The van der Waals surface area contributed by atoms with Gasteiger partial charge in [-0.15, -0.1) is 0 Å². The largest absolute Gasteiger partial charge is 0.394 e. The van der Waals surface area contributed by atoms with Crippen LogP contribution in [-0.2, 0) is 0 Å². The molecule has 1 atom stereocenters. The number of nitrogens with one attached hydrogen (secondary N) is 1. The summed E-state index contributed by atoms with van der Waals surface area (Å²) in [6.45, 7) is -0.325. The highest BCUT2D eigenvalue weighted by molar-refractivity contribution is 5.93. The number of aliphatic hydroxyl groups is 2. The monoisotopic (exact) mass is 196 g/mol. The lowest BCUT2D eigenvalue weighted by molar-refractivity contribution is 0.0802. The van der Waals surface area contributed by atoms with E-state index in [1.54, 1.807) is 12.1 Å². The number of carbonyl (C=O) groups is 1. The molecule has 0 aromatic carbocycles. The molecule has 1 aromatic rings. The standard InChI is InChI=1S/C9H12N2O3/c12-6-8(13)5-11-9(14)7-1-3-10-4-2-7/h1-4,8,12-13H,5-6H2,(H,11,14)/t8-/m0/s1. The zero-order valence-electron chi connectivity index (χ0n) is 7.55. The van der Waals surface area contributed by atoms with E-state index in [1.807, 2.05) is 0 Å². The molecule has 0 saturated carbocycles. The molecular formula is C9H12N2O3. The van der Waals surface area contributed by atoms with E-state index >= 15 is 0 Å². The number of nitrogens with zero attached hydrogens (tertiary/aromatic N) is 1. The van der Waals surface area contributed by atoms with Crippen molar-refractivity contribution in [3.05, 3.63) is 30.1 Å². The summed E-state index contributed by atoms with van der Waals surface area (Å²) in [5.41, 5.74) is 0.477. The molecule has 0 saturated heterocycles. The molecule has 76 valence electrons. The lowest BCUT2D eigenvalue weighted by Gasteiger charge is -2.08. The first-order chi connectivity index (χ1) is 6.74. The molecular weight excluding hydrogens is 184 g/mol. The number of pyridine rings is 1. The fourth-order valence-electron chi connectivity index (χ4n) is 0.880. The lowest BCUT2D eigenvalue weighted by Crippen LogP contribution is -2.33. The van der Waals surface area contributed by atoms with Crippen molar-refractivity contribution >= 4 is 5.91 Å². The van der Waals surface area contributed by atoms with Gasteiger partial charge in [0.25, 0.3) is 5.91 Å². The van der Waals surface area contributed by atoms with E-state index in [0.717, 1.165) is 0 Å². The van der Waals surface area contributed by atoms with Gasteiger partial charge in [-0.05, 0) is 12.1 Å². The van der Waals surface area contributed by atoms with Crippen LogP contribution in [-0.4, -0.2) is 40.4 Å². The molecule has 0 unspecified atom stereocenters. The highest BCUT2D eigenvalue weighted by Gasteiger charge is 2.06. The summed E-state index contributed by atoms with van der Waals surface area (Å²) in [5, 5.41) is 20.0. The van der Waals surface area contributed by atoms with Crippen molar-refractivity contribution in [1.29, 1.82) is 0 Å². The van der Waals surface area contributed by atoms with Gasteiger partial charge in [0.2, 0.25) is 0 Å². The van der Waals surface area contributed by atoms with Crippen LogP contribution in [0.3, 0.4) is 0 Å². The van der Waals surface area contributed by atoms with Gasteiger partial charge in [-0.1, -0.05) is 0 Å². The highest BCUT2D eigenvalue weighted by atomic mass is 16.3. The van der Waals surface area contributed by atoms with Crippen molar-refractivity contribution in [2.45, 2.75) is 6.10 Å². The Kier molecular flexibility index (Phi) is 4.03. The van der Waals surface area contributed by atoms with Crippen LogP contribution in [0.1, 0.15) is 10.4 Å². The third kappa shape index (κ3) is 3.12. The topological polar surface area (TPSA) is 82.5 Å². The lowest BCUT2D eigenvalue weighted by atomic mass is 10.2. The maximum atomic E-state index is 11.3. The molecule has 0 aliphatic carbocycles. The number of hydrogen-bond donors (Lipinski definition) is 3. The van der Waals surface area contributed by atoms with Crippen LogP contribution in [0, 0.1) is 0 Å². The second-order valence-electron chi connectivity index (χ2n) is 2.78. The Balaban J connectivity index is 2.44. The number of aliphatic hydroxyl groups excluding tert-OH is 2. The molecule has 0 fully saturated rings. The van der Waals surface area contributed by atoms with Gasteiger partial charge in [-0.25, -0.2) is 0 Å². The first kappa shape index (κ1) is 10.6. The van der Waals surface area contributed by atoms with Gasteiger partial charge in [0.05, 0.1) is 12.7 Å². The van der Waals surface area contributed by atoms with E-state index in [-0.39, 0.29) is 19.1 Å². The third-order valence-electron chi connectivity index (χ3n) is 1.65. The van der Waals surface area contributed by atoms with Crippen molar-refractivity contribution in [2.75, 3.05) is 13.2 Å². The van der Waals surface area contributed by atoms with Crippen molar-refractivity contribution < 1.29 is 15.0 Å². The van der Waals surface area contributed by atoms with Gasteiger partial charge in [0, 0.05) is 24.5 Å². The van der Waals surface area contributed by atoms with E-state index in [4.69, 9.17) is 10.2 Å². The minimum atomic E-state index is -0.916. The van der Waals surface area contributed by atoms with Crippen molar-refractivity contribution in [3.8, 4) is 0 Å². The van der Waals surface area contributed by atoms with Crippen LogP contribution in [0.4, 0.5) is 0 Å². The van der Waals surface area contributed by atoms with Crippen LogP contribution >= 0.6 is 0 Å². The summed E-state index contributed by atoms with van der Waals surface area (Å²) >= 11 is 0. The minimum Gasteiger partial charge on any atom is -0.394 e. The molecule has 0 aliphatic heterocycles. The van der Waals surface area contributed by atoms with Gasteiger partial charge in [-0.3, -0.25) is 9.78 Å². The summed E-state index contributed by atoms with van der Waals surface area (Å²) in [5.74, 6) is -0.292. The Labute approximate surface area is 81.4 Å². The molecule has 3 N–H and O–H groups in total. The molecule has 0 bridgehead atoms. The van der Waals surface area contributed by atoms with E-state index in [2.05, 4.69) is 10.3 Å². The summed E-state index contributed by atoms with van der Waals surface area (Å²) in [6.07, 6.45) is 2.11. The summed E-state index contributed by atoms with van der Waals surface area (Å²) in [4.78, 5) is 15.1. The second kappa shape index (κ2) is 5.31. The van der Waals surface area contributed by atoms with E-state index < -0.39 is 6.10 Å². The average Bonchev–Trinajstić information content (AvgIpc) is 2.26. The fourth-order valence-corrected chi connectivity index (χ4v) is 0.880. The summed E-state index contributed by atoms with van der Waals surface area (Å²) in [6, 6.07) is 3.14. The Morgan fingerprint density at radius 3 is 2.71 bits per heavy atom. The van der Waals surface area contributed by atoms with E-state index in [1.165, 1.54) is 12.4 Å². The smallest absolute Gasteiger partial charge is 0.251 e. The Hall–Kier alpha value is -1.46. The van der Waals surface area contributed by atoms with Crippen LogP contribution in [0.2, 0.25) is 0 Å². The number of carbonyl (C=O) groups excluding carboxylic acids is 1. The Morgan fingerprint density at radius 2 is 2.14 bits per heavy atom. The SMILES string of the molecule is O=C(NC[C@H](O)CO)c1ccncc1. The Morgan fingerprint density at radius 1 is 1.50 bits per heavy atom. The average molecular weight is 196 g/mol. The predicted molar refractivity (Wildman–Crippen MR) is 49.7 cm³/mol. The van der Waals surface area contributed by atoms with Crippen molar-refractivity contribution in [3.63, 3.8) is 0 Å². The van der Waals surface area contributed by atoms with Crippen LogP contribution in [0.15, 0.2) is 24.5 Å². The summed E-state index contributed by atoms with van der Waals surface area (Å²) < 4.78 is 0. The van der Waals surface area contributed by atoms with Crippen molar-refractivity contribution in [1.82, 2.24) is 10.3 Å². The number of rotatable bonds is 4. The second-order valence-corrected chi connectivity index (χ2v) is 2.78. The zero-order valence-corrected chi connectivity index (χ0v) is 7.55. The van der Waals surface area contributed by atoms with Crippen molar-refractivity contribution in [2.24, 2.45) is 0 Å². The third-order valence-corrected chi connectivity index (χ3v) is 1.65. The molecule has 0 spiro atoms. The maximum absolute atomic E-state index is 11.3. The highest BCUT2D eigenvalue weighted by Crippen LogP contribution is 1.95. The minimum absolute atomic E-state index is 0.0393. The fraction of sp³-hybridized carbons (Fsp3) is 0.333. The zero-order chi connectivity index (χ0) is 10.4. The number of amides is 1. The molecule has 5 heteroatoms. The molecule has 0 radical (unpaired) electrons. The van der Waals surface area contributed by atoms with Gasteiger partial charge in [0.1, 0.15) is 0 Å². The molecule has 5 nitrogen and oxygen atoms in total. The normalized spacial score (nSPS) is 12.1. The summed E-state index contributed by atoms with van der Waals surface area (Å²) in [7, 11) is 0. The van der Waals surface area contributed by atoms with Gasteiger partial charge in [0.15, 0.2) is 0 Å². The quantitative estimate of drug-likeness (QED) is 0.586. The van der Waals surface area contributed by atoms with E-state index in [9.17, 15) is 4.79 Å². The van der Waals surface area contributed by atoms with Crippen LogP contribution < -0.4 is 5.32 Å². The van der Waals surface area contributed by atoms with Gasteiger partial charge < -0.3 is 15.5 Å². The molecule has 1 rings (SSSR count). The van der Waals surface area contributed by atoms with Gasteiger partial charge >= 0.3 is 0 Å². The van der Waals surface area contributed by atoms with E-state index in [0.29, 0.717) is 5.56 Å². The van der Waals surface area contributed by atoms with Crippen LogP contribution in [0.25, 0.3) is 0 Å². The first-order valence-corrected chi connectivity index (χ1v) is 4.21. The molecule has 1 heterocycles. The van der Waals surface area contributed by atoms with Crippen LogP contribution in [0.5, 0.6) is 0 Å². The number of hydrogen-bond acceptors (Lipinski definition) is 4. The molecule has 0 aliphatic rings. The molecule has 14 heavy (non-hydrogen) atoms. The predicted octanol–water partition coefficient (Wildman–Crippen LogP) is -0.835. The molecule has 1 aromatic heterocycles. The Bertz CT molecular complexity index is 289. The molecule has 1 amide bonds. The maximum Gasteiger partial charge on any atom is 0.251 e.